The van der Waals surface area contributed by atoms with Crippen molar-refractivity contribution >= 4 is 22.4 Å². The number of nitrogens with zero attached hydrogens (tertiary/aromatic N) is 2. The molecule has 5 rings (SSSR count). The molecule has 1 unspecified atom stereocenters. The summed E-state index contributed by atoms with van der Waals surface area (Å²) in [6.45, 7) is 2.38. The Morgan fingerprint density at radius 3 is 2.94 bits per heavy atom. The first-order valence-electron chi connectivity index (χ1n) is 10.4. The number of hydrogen-bond donors (Lipinski definition) is 2. The first-order chi connectivity index (χ1) is 15.2. The molecule has 0 aromatic carbocycles. The van der Waals surface area contributed by atoms with Gasteiger partial charge < -0.3 is 19.0 Å². The van der Waals surface area contributed by atoms with Gasteiger partial charge in [-0.1, -0.05) is 11.3 Å². The Hall–Kier alpha value is -2.59. The van der Waals surface area contributed by atoms with Crippen LogP contribution in [0.15, 0.2) is 35.1 Å². The van der Waals surface area contributed by atoms with Crippen LogP contribution in [0.3, 0.4) is 0 Å². The van der Waals surface area contributed by atoms with Crippen LogP contribution in [0.5, 0.6) is 0 Å². The lowest BCUT2D eigenvalue weighted by Gasteiger charge is -2.26. The Kier molecular flexibility index (Phi) is 5.82. The van der Waals surface area contributed by atoms with Crippen LogP contribution >= 0.6 is 11.3 Å². The molecule has 0 saturated carbocycles. The second-order valence-corrected chi connectivity index (χ2v) is 8.72. The molecule has 2 aliphatic heterocycles. The highest BCUT2D eigenvalue weighted by atomic mass is 32.1. The predicted molar refractivity (Wildman–Crippen MR) is 114 cm³/mol. The molecule has 0 radical (unpaired) electrons. The molecular weight excluding hydrogens is 418 g/mol. The number of carbonyl (C=O) groups is 1. The molecule has 0 aliphatic carbocycles. The molecule has 1 amide bonds. The first-order valence-corrected chi connectivity index (χ1v) is 11.2. The number of nitrogens with one attached hydrogen (secondary N) is 1. The van der Waals surface area contributed by atoms with E-state index in [0.29, 0.717) is 53.5 Å². The van der Waals surface area contributed by atoms with Crippen molar-refractivity contribution in [3.05, 3.63) is 52.4 Å². The monoisotopic (exact) mass is 441 g/mol. The van der Waals surface area contributed by atoms with Gasteiger partial charge in [0, 0.05) is 37.1 Å². The average Bonchev–Trinajstić information content (AvgIpc) is 3.49. The zero-order chi connectivity index (χ0) is 21.2. The van der Waals surface area contributed by atoms with E-state index in [9.17, 15) is 9.90 Å². The Labute approximate surface area is 183 Å². The quantitative estimate of drug-likeness (QED) is 0.623. The van der Waals surface area contributed by atoms with E-state index in [-0.39, 0.29) is 11.8 Å². The van der Waals surface area contributed by atoms with E-state index in [1.54, 1.807) is 24.6 Å². The standard InChI is InChI=1S/C22H23N3O5S/c26-19(13-3-7-28-8-4-13)20-18(17-2-1-6-30-17)24-22(31-20)25-21(27)14-10-15-12-29-9-5-16(15)23-11-14/h1-2,6,10-11,13,19,26H,3-5,7-9,12H2,(H,24,25,27). The number of carbonyl (C=O) groups excluding carboxylic acids is 1. The second kappa shape index (κ2) is 8.88. The summed E-state index contributed by atoms with van der Waals surface area (Å²) < 4.78 is 16.4. The topological polar surface area (TPSA) is 107 Å². The van der Waals surface area contributed by atoms with Crippen LogP contribution in [-0.2, 0) is 22.5 Å². The third-order valence-electron chi connectivity index (χ3n) is 5.67. The minimum Gasteiger partial charge on any atom is -0.463 e. The smallest absolute Gasteiger partial charge is 0.259 e. The number of aliphatic hydroxyl groups is 1. The Morgan fingerprint density at radius 2 is 2.13 bits per heavy atom. The van der Waals surface area contributed by atoms with Gasteiger partial charge in [-0.2, -0.15) is 0 Å². The maximum Gasteiger partial charge on any atom is 0.259 e. The largest absolute Gasteiger partial charge is 0.463 e. The van der Waals surface area contributed by atoms with Crippen molar-refractivity contribution in [3.63, 3.8) is 0 Å². The lowest BCUT2D eigenvalue weighted by atomic mass is 9.92. The number of fused-ring (bicyclic) bond motifs is 1. The van der Waals surface area contributed by atoms with Gasteiger partial charge in [0.2, 0.25) is 0 Å². The number of aromatic nitrogens is 2. The molecule has 0 spiro atoms. The van der Waals surface area contributed by atoms with Crippen LogP contribution in [-0.4, -0.2) is 40.8 Å². The van der Waals surface area contributed by atoms with Crippen LogP contribution in [0.1, 0.15) is 45.4 Å². The summed E-state index contributed by atoms with van der Waals surface area (Å²) in [5, 5.41) is 14.3. The Bertz CT molecular complexity index is 1060. The molecular formula is C22H23N3O5S. The number of rotatable bonds is 5. The summed E-state index contributed by atoms with van der Waals surface area (Å²) in [5.41, 5.74) is 2.91. The van der Waals surface area contributed by atoms with Gasteiger partial charge in [-0.25, -0.2) is 4.98 Å². The fourth-order valence-corrected chi connectivity index (χ4v) is 5.00. The van der Waals surface area contributed by atoms with Gasteiger partial charge in [0.25, 0.3) is 5.91 Å². The number of ether oxygens (including phenoxy) is 2. The maximum atomic E-state index is 12.9. The highest BCUT2D eigenvalue weighted by molar-refractivity contribution is 7.16. The molecule has 1 atom stereocenters. The summed E-state index contributed by atoms with van der Waals surface area (Å²) in [6.07, 6.45) is 4.76. The van der Waals surface area contributed by atoms with E-state index in [1.807, 2.05) is 6.07 Å². The normalized spacial score (nSPS) is 17.8. The van der Waals surface area contributed by atoms with Crippen LogP contribution in [0, 0.1) is 5.92 Å². The number of thiazole rings is 1. The summed E-state index contributed by atoms with van der Waals surface area (Å²) in [4.78, 5) is 22.5. The van der Waals surface area contributed by atoms with Crippen LogP contribution in [0.4, 0.5) is 5.13 Å². The molecule has 2 N–H and O–H groups in total. The number of pyridine rings is 1. The fraction of sp³-hybridized carbons (Fsp3) is 0.409. The van der Waals surface area contributed by atoms with E-state index >= 15 is 0 Å². The molecule has 1 saturated heterocycles. The van der Waals surface area contributed by atoms with Crippen LogP contribution in [0.2, 0.25) is 0 Å². The minimum atomic E-state index is -0.699. The fourth-order valence-electron chi connectivity index (χ4n) is 3.95. The zero-order valence-corrected chi connectivity index (χ0v) is 17.7. The number of hydrogen-bond acceptors (Lipinski definition) is 8. The average molecular weight is 442 g/mol. The third kappa shape index (κ3) is 4.27. The Balaban J connectivity index is 1.41. The van der Waals surface area contributed by atoms with Crippen molar-refractivity contribution in [1.29, 1.82) is 0 Å². The number of anilines is 1. The van der Waals surface area contributed by atoms with Crippen molar-refractivity contribution in [3.8, 4) is 11.5 Å². The molecule has 2 aliphatic rings. The molecule has 162 valence electrons. The van der Waals surface area contributed by atoms with Crippen LogP contribution in [0.25, 0.3) is 11.5 Å². The van der Waals surface area contributed by atoms with Gasteiger partial charge in [-0.05, 0) is 37.0 Å². The number of furan rings is 1. The van der Waals surface area contributed by atoms with Gasteiger partial charge >= 0.3 is 0 Å². The lowest BCUT2D eigenvalue weighted by Crippen LogP contribution is -2.21. The zero-order valence-electron chi connectivity index (χ0n) is 16.9. The first kappa shape index (κ1) is 20.3. The van der Waals surface area contributed by atoms with Crippen molar-refractivity contribution in [2.45, 2.75) is 32.0 Å². The molecule has 0 bridgehead atoms. The van der Waals surface area contributed by atoms with Crippen molar-refractivity contribution in [2.24, 2.45) is 5.92 Å². The van der Waals surface area contributed by atoms with Gasteiger partial charge in [0.15, 0.2) is 10.9 Å². The number of aliphatic hydroxyl groups excluding tert-OH is 1. The van der Waals surface area contributed by atoms with Crippen LogP contribution < -0.4 is 5.32 Å². The summed E-state index contributed by atoms with van der Waals surface area (Å²) in [6, 6.07) is 5.39. The van der Waals surface area contributed by atoms with Crippen molar-refractivity contribution < 1.29 is 23.8 Å². The predicted octanol–water partition coefficient (Wildman–Crippen LogP) is 3.58. The maximum absolute atomic E-state index is 12.9. The molecule has 3 aromatic rings. The highest BCUT2D eigenvalue weighted by Crippen LogP contribution is 2.41. The molecule has 9 heteroatoms. The third-order valence-corrected chi connectivity index (χ3v) is 6.71. The SMILES string of the molecule is O=C(Nc1nc(-c2ccco2)c(C(O)C2CCOCC2)s1)c1cnc2c(c1)COCC2. The van der Waals surface area contributed by atoms with E-state index in [1.165, 1.54) is 11.3 Å². The number of amides is 1. The Morgan fingerprint density at radius 1 is 1.26 bits per heavy atom. The van der Waals surface area contributed by atoms with Crippen molar-refractivity contribution in [1.82, 2.24) is 9.97 Å². The summed E-state index contributed by atoms with van der Waals surface area (Å²) in [5.74, 6) is 0.342. The lowest BCUT2D eigenvalue weighted by molar-refractivity contribution is 0.00862. The summed E-state index contributed by atoms with van der Waals surface area (Å²) in [7, 11) is 0. The molecule has 8 nitrogen and oxygen atoms in total. The van der Waals surface area contributed by atoms with Gasteiger partial charge in [-0.3, -0.25) is 15.1 Å². The highest BCUT2D eigenvalue weighted by Gasteiger charge is 2.30. The van der Waals surface area contributed by atoms with Gasteiger partial charge in [-0.15, -0.1) is 0 Å². The van der Waals surface area contributed by atoms with Gasteiger partial charge in [0.05, 0.1) is 36.0 Å². The minimum absolute atomic E-state index is 0.0799. The molecule has 5 heterocycles. The van der Waals surface area contributed by atoms with E-state index in [0.717, 1.165) is 30.5 Å². The summed E-state index contributed by atoms with van der Waals surface area (Å²) >= 11 is 1.27. The van der Waals surface area contributed by atoms with E-state index in [2.05, 4.69) is 15.3 Å². The molecule has 3 aromatic heterocycles. The van der Waals surface area contributed by atoms with E-state index in [4.69, 9.17) is 13.9 Å². The molecule has 1 fully saturated rings. The van der Waals surface area contributed by atoms with Crippen molar-refractivity contribution in [2.75, 3.05) is 25.1 Å². The van der Waals surface area contributed by atoms with Gasteiger partial charge in [0.1, 0.15) is 5.69 Å². The van der Waals surface area contributed by atoms with E-state index < -0.39 is 6.10 Å². The second-order valence-electron chi connectivity index (χ2n) is 7.69. The molecule has 31 heavy (non-hydrogen) atoms.